The van der Waals surface area contributed by atoms with Crippen molar-refractivity contribution in [2.24, 2.45) is 0 Å². The van der Waals surface area contributed by atoms with Crippen LogP contribution >= 0.6 is 11.6 Å². The second-order valence-electron chi connectivity index (χ2n) is 7.27. The van der Waals surface area contributed by atoms with E-state index < -0.39 is 0 Å². The van der Waals surface area contributed by atoms with E-state index in [1.165, 1.54) is 6.33 Å². The molecule has 0 spiro atoms. The molecule has 29 heavy (non-hydrogen) atoms. The van der Waals surface area contributed by atoms with Crippen molar-refractivity contribution in [2.75, 3.05) is 23.3 Å². The number of anilines is 2. The molecule has 1 aliphatic rings. The minimum Gasteiger partial charge on any atom is -0.391 e. The van der Waals surface area contributed by atoms with Crippen LogP contribution in [-0.2, 0) is 0 Å². The van der Waals surface area contributed by atoms with E-state index in [2.05, 4.69) is 42.1 Å². The van der Waals surface area contributed by atoms with E-state index in [4.69, 9.17) is 11.6 Å². The maximum Gasteiger partial charge on any atom is 0.182 e. The summed E-state index contributed by atoms with van der Waals surface area (Å²) in [5.74, 6) is 0.671. The molecule has 0 amide bonds. The van der Waals surface area contributed by atoms with Gasteiger partial charge in [0.1, 0.15) is 11.8 Å². The highest BCUT2D eigenvalue weighted by Crippen LogP contribution is 2.40. The van der Waals surface area contributed by atoms with Crippen molar-refractivity contribution in [3.05, 3.63) is 47.6 Å². The molecule has 8 nitrogen and oxygen atoms in total. The number of imidazole rings is 1. The van der Waals surface area contributed by atoms with Crippen molar-refractivity contribution in [1.29, 1.82) is 0 Å². The van der Waals surface area contributed by atoms with Gasteiger partial charge in [0.15, 0.2) is 11.5 Å². The number of pyridine rings is 1. The van der Waals surface area contributed by atoms with Gasteiger partial charge in [-0.2, -0.15) is 0 Å². The summed E-state index contributed by atoms with van der Waals surface area (Å²) in [7, 11) is 0. The van der Waals surface area contributed by atoms with E-state index in [0.717, 1.165) is 40.6 Å². The molecule has 0 radical (unpaired) electrons. The molecule has 3 aromatic heterocycles. The molecule has 9 heteroatoms. The number of aromatic amines is 1. The number of β-amino-alcohol motifs (C(OH)–C–C–N with tert-alkyl or cyclic N) is 1. The van der Waals surface area contributed by atoms with Crippen molar-refractivity contribution in [1.82, 2.24) is 24.9 Å². The van der Waals surface area contributed by atoms with Crippen molar-refractivity contribution < 1.29 is 5.11 Å². The summed E-state index contributed by atoms with van der Waals surface area (Å²) in [6.45, 7) is 3.40. The maximum atomic E-state index is 10.1. The highest BCUT2D eigenvalue weighted by molar-refractivity contribution is 6.36. The number of halogens is 1. The Hall–Kier alpha value is -2.97. The van der Waals surface area contributed by atoms with Crippen molar-refractivity contribution in [3.8, 4) is 0 Å². The summed E-state index contributed by atoms with van der Waals surface area (Å²) >= 11 is 6.62. The Labute approximate surface area is 172 Å². The monoisotopic (exact) mass is 409 g/mol. The molecule has 0 aliphatic carbocycles. The van der Waals surface area contributed by atoms with Crippen LogP contribution in [0.3, 0.4) is 0 Å². The van der Waals surface area contributed by atoms with Gasteiger partial charge in [-0.25, -0.2) is 15.0 Å². The normalized spacial score (nSPS) is 17.9. The lowest BCUT2D eigenvalue weighted by Gasteiger charge is -2.27. The second-order valence-corrected chi connectivity index (χ2v) is 7.68. The van der Waals surface area contributed by atoms with Gasteiger partial charge < -0.3 is 20.3 Å². The lowest BCUT2D eigenvalue weighted by molar-refractivity contribution is 0.198. The van der Waals surface area contributed by atoms with Crippen LogP contribution in [0, 0.1) is 0 Å². The molecule has 5 rings (SSSR count). The summed E-state index contributed by atoms with van der Waals surface area (Å²) in [5, 5.41) is 15.1. The molecule has 0 saturated carbocycles. The van der Waals surface area contributed by atoms with Crippen LogP contribution in [0.4, 0.5) is 11.5 Å². The number of hydrogen-bond donors (Lipinski definition) is 3. The van der Waals surface area contributed by atoms with E-state index in [1.54, 1.807) is 12.5 Å². The molecular weight excluding hydrogens is 390 g/mol. The molecule has 148 valence electrons. The summed E-state index contributed by atoms with van der Waals surface area (Å²) in [4.78, 5) is 22.6. The molecule has 3 N–H and O–H groups in total. The fraction of sp³-hybridized carbons (Fsp3) is 0.300. The average Bonchev–Trinajstić information content (AvgIpc) is 3.37. The Morgan fingerprint density at radius 1 is 1.31 bits per heavy atom. The van der Waals surface area contributed by atoms with Crippen LogP contribution in [0.1, 0.15) is 24.9 Å². The van der Waals surface area contributed by atoms with Gasteiger partial charge in [-0.3, -0.25) is 4.98 Å². The summed E-state index contributed by atoms with van der Waals surface area (Å²) in [5.41, 5.74) is 4.20. The van der Waals surface area contributed by atoms with Crippen LogP contribution in [-0.4, -0.2) is 49.2 Å². The van der Waals surface area contributed by atoms with Crippen LogP contribution < -0.4 is 10.2 Å². The molecule has 1 aromatic carbocycles. The van der Waals surface area contributed by atoms with Gasteiger partial charge in [0.25, 0.3) is 0 Å². The summed E-state index contributed by atoms with van der Waals surface area (Å²) < 4.78 is 0. The van der Waals surface area contributed by atoms with Crippen LogP contribution in [0.2, 0.25) is 5.02 Å². The first-order valence-electron chi connectivity index (χ1n) is 9.52. The van der Waals surface area contributed by atoms with Crippen LogP contribution in [0.15, 0.2) is 37.1 Å². The lowest BCUT2D eigenvalue weighted by atomic mass is 10.0. The smallest absolute Gasteiger partial charge is 0.182 e. The van der Waals surface area contributed by atoms with Gasteiger partial charge in [-0.05, 0) is 31.5 Å². The van der Waals surface area contributed by atoms with Crippen LogP contribution in [0.25, 0.3) is 22.1 Å². The molecular formula is C20H20ClN7O. The minimum absolute atomic E-state index is 0.118. The largest absolute Gasteiger partial charge is 0.391 e. The third-order valence-corrected chi connectivity index (χ3v) is 5.68. The quantitative estimate of drug-likeness (QED) is 0.475. The number of H-pyrrole nitrogens is 1. The fourth-order valence-electron chi connectivity index (χ4n) is 3.97. The zero-order valence-corrected chi connectivity index (χ0v) is 16.6. The maximum absolute atomic E-state index is 10.1. The molecule has 1 saturated heterocycles. The van der Waals surface area contributed by atoms with Crippen molar-refractivity contribution in [3.63, 3.8) is 0 Å². The van der Waals surface area contributed by atoms with E-state index in [-0.39, 0.29) is 12.1 Å². The highest BCUT2D eigenvalue weighted by Gasteiger charge is 2.27. The van der Waals surface area contributed by atoms with Gasteiger partial charge in [0.05, 0.1) is 34.7 Å². The number of fused-ring (bicyclic) bond motifs is 2. The standard InChI is InChI=1S/C20H20ClN7O/c1-11(27-20-17-19(24-9-23-17)25-10-26-20)14-7-15(21)13-3-2-5-22-16(13)18(14)28-6-4-12(29)8-28/h2-3,5,7,9-12,29H,4,6,8H2,1H3,(H2,23,24,25,26,27). The zero-order valence-electron chi connectivity index (χ0n) is 15.8. The molecule has 1 fully saturated rings. The summed E-state index contributed by atoms with van der Waals surface area (Å²) in [6.07, 6.45) is 5.26. The summed E-state index contributed by atoms with van der Waals surface area (Å²) in [6, 6.07) is 5.72. The first-order chi connectivity index (χ1) is 14.1. The van der Waals surface area contributed by atoms with Crippen LogP contribution in [0.5, 0.6) is 0 Å². The van der Waals surface area contributed by atoms with E-state index >= 15 is 0 Å². The van der Waals surface area contributed by atoms with Gasteiger partial charge >= 0.3 is 0 Å². The number of hydrogen-bond acceptors (Lipinski definition) is 7. The number of rotatable bonds is 4. The Morgan fingerprint density at radius 2 is 2.21 bits per heavy atom. The Bertz CT molecular complexity index is 1190. The third-order valence-electron chi connectivity index (χ3n) is 5.37. The Kier molecular flexibility index (Phi) is 4.44. The zero-order chi connectivity index (χ0) is 20.0. The van der Waals surface area contributed by atoms with Gasteiger partial charge in [0.2, 0.25) is 0 Å². The van der Waals surface area contributed by atoms with Gasteiger partial charge in [-0.1, -0.05) is 11.6 Å². The topological polar surface area (TPSA) is 103 Å². The number of aliphatic hydroxyl groups excluding tert-OH is 1. The molecule has 4 heterocycles. The average molecular weight is 410 g/mol. The highest BCUT2D eigenvalue weighted by atomic mass is 35.5. The molecule has 0 bridgehead atoms. The van der Waals surface area contributed by atoms with Crippen molar-refractivity contribution >= 4 is 45.2 Å². The fourth-order valence-corrected chi connectivity index (χ4v) is 4.24. The second kappa shape index (κ2) is 7.13. The molecule has 2 unspecified atom stereocenters. The first kappa shape index (κ1) is 18.1. The number of benzene rings is 1. The molecule has 4 aromatic rings. The number of aromatic nitrogens is 5. The first-order valence-corrected chi connectivity index (χ1v) is 9.90. The van der Waals surface area contributed by atoms with Crippen molar-refractivity contribution in [2.45, 2.75) is 25.5 Å². The molecule has 2 atom stereocenters. The number of nitrogens with zero attached hydrogens (tertiary/aromatic N) is 5. The lowest BCUT2D eigenvalue weighted by Crippen LogP contribution is -2.24. The third kappa shape index (κ3) is 3.14. The Balaban J connectivity index is 1.62. The van der Waals surface area contributed by atoms with E-state index in [0.29, 0.717) is 23.0 Å². The van der Waals surface area contributed by atoms with E-state index in [1.807, 2.05) is 18.2 Å². The molecule has 1 aliphatic heterocycles. The predicted molar refractivity (Wildman–Crippen MR) is 113 cm³/mol. The predicted octanol–water partition coefficient (Wildman–Crippen LogP) is 3.30. The van der Waals surface area contributed by atoms with Gasteiger partial charge in [0, 0.05) is 30.2 Å². The minimum atomic E-state index is -0.341. The van der Waals surface area contributed by atoms with Gasteiger partial charge in [-0.15, -0.1) is 0 Å². The Morgan fingerprint density at radius 3 is 3.03 bits per heavy atom. The number of aliphatic hydroxyl groups is 1. The SMILES string of the molecule is CC(Nc1ncnc2nc[nH]c12)c1cc(Cl)c2cccnc2c1N1CCC(O)C1. The van der Waals surface area contributed by atoms with E-state index in [9.17, 15) is 5.11 Å². The number of nitrogens with one attached hydrogen (secondary N) is 2.